The summed E-state index contributed by atoms with van der Waals surface area (Å²) in [6.07, 6.45) is 7.37. The van der Waals surface area contributed by atoms with Gasteiger partial charge < -0.3 is 24.4 Å². The second-order valence-electron chi connectivity index (χ2n) is 8.00. The van der Waals surface area contributed by atoms with Crippen molar-refractivity contribution in [3.63, 3.8) is 0 Å². The van der Waals surface area contributed by atoms with Gasteiger partial charge in [0.1, 0.15) is 5.76 Å². The van der Waals surface area contributed by atoms with Crippen molar-refractivity contribution in [2.45, 2.75) is 63.8 Å². The van der Waals surface area contributed by atoms with Crippen molar-refractivity contribution in [2.24, 2.45) is 0 Å². The van der Waals surface area contributed by atoms with Gasteiger partial charge in [0.15, 0.2) is 0 Å². The molecule has 1 heterocycles. The molecule has 1 aliphatic rings. The molecule has 2 rings (SSSR count). The highest BCUT2D eigenvalue weighted by Crippen LogP contribution is 2.36. The number of likely N-dealkylation sites (tertiary alicyclic amines) is 1. The maximum absolute atomic E-state index is 12.9. The molecule has 1 aromatic rings. The first-order chi connectivity index (χ1) is 15.6. The molecule has 0 bridgehead atoms. The van der Waals surface area contributed by atoms with Crippen molar-refractivity contribution in [1.82, 2.24) is 10.2 Å². The minimum absolute atomic E-state index is 0.0841. The van der Waals surface area contributed by atoms with Crippen molar-refractivity contribution >= 4 is 12.1 Å². The minimum atomic E-state index is -0.455. The summed E-state index contributed by atoms with van der Waals surface area (Å²) in [5.74, 6) is 0.403. The number of nitrogens with one attached hydrogen (secondary N) is 1. The number of benzene rings is 1. The Balaban J connectivity index is 1.96. The summed E-state index contributed by atoms with van der Waals surface area (Å²) in [5.41, 5.74) is 1.09. The van der Waals surface area contributed by atoms with Gasteiger partial charge in [-0.2, -0.15) is 0 Å². The Morgan fingerprint density at radius 2 is 1.94 bits per heavy atom. The molecule has 7 heteroatoms. The van der Waals surface area contributed by atoms with Crippen LogP contribution in [0.1, 0.15) is 63.4 Å². The lowest BCUT2D eigenvalue weighted by molar-refractivity contribution is -0.152. The van der Waals surface area contributed by atoms with Crippen molar-refractivity contribution in [3.05, 3.63) is 47.7 Å². The third-order valence-corrected chi connectivity index (χ3v) is 5.86. The SMILES string of the molecule is C/C=C(\OC)C(c1ccccc1)C1CCCCN1C(=O)OCOC(=O)CCCCCNC. The zero-order valence-electron chi connectivity index (χ0n) is 19.7. The van der Waals surface area contributed by atoms with Crippen molar-refractivity contribution in [2.75, 3.05) is 34.0 Å². The van der Waals surface area contributed by atoms with Crippen LogP contribution in [0.5, 0.6) is 0 Å². The van der Waals surface area contributed by atoms with Gasteiger partial charge in [-0.1, -0.05) is 36.8 Å². The fourth-order valence-corrected chi connectivity index (χ4v) is 4.24. The monoisotopic (exact) mass is 446 g/mol. The van der Waals surface area contributed by atoms with Crippen LogP contribution in [0.3, 0.4) is 0 Å². The van der Waals surface area contributed by atoms with Gasteiger partial charge in [0.25, 0.3) is 0 Å². The smallest absolute Gasteiger partial charge is 0.412 e. The topological polar surface area (TPSA) is 77.1 Å². The van der Waals surface area contributed by atoms with E-state index < -0.39 is 6.09 Å². The highest BCUT2D eigenvalue weighted by atomic mass is 16.7. The number of amides is 1. The summed E-state index contributed by atoms with van der Waals surface area (Å²) in [7, 11) is 3.57. The third-order valence-electron chi connectivity index (χ3n) is 5.86. The molecular formula is C25H38N2O5. The second-order valence-corrected chi connectivity index (χ2v) is 8.00. The lowest BCUT2D eigenvalue weighted by Gasteiger charge is -2.40. The van der Waals surface area contributed by atoms with E-state index in [-0.39, 0.29) is 24.7 Å². The predicted molar refractivity (Wildman–Crippen MR) is 124 cm³/mol. The lowest BCUT2D eigenvalue weighted by Crippen LogP contribution is -2.47. The van der Waals surface area contributed by atoms with Crippen molar-refractivity contribution in [3.8, 4) is 0 Å². The number of rotatable bonds is 12. The van der Waals surface area contributed by atoms with Crippen LogP contribution in [0.15, 0.2) is 42.2 Å². The van der Waals surface area contributed by atoms with Gasteiger partial charge in [-0.3, -0.25) is 4.79 Å². The molecule has 1 amide bonds. The lowest BCUT2D eigenvalue weighted by atomic mass is 9.83. The van der Waals surface area contributed by atoms with E-state index in [0.717, 1.165) is 56.4 Å². The maximum Gasteiger partial charge on any atom is 0.412 e. The average Bonchev–Trinajstić information content (AvgIpc) is 2.83. The van der Waals surface area contributed by atoms with Crippen LogP contribution in [0.2, 0.25) is 0 Å². The highest BCUT2D eigenvalue weighted by molar-refractivity contribution is 5.70. The fraction of sp³-hybridized carbons (Fsp3) is 0.600. The first kappa shape index (κ1) is 25.7. The van der Waals surface area contributed by atoms with Crippen LogP contribution < -0.4 is 5.32 Å². The zero-order chi connectivity index (χ0) is 23.2. The molecule has 2 atom stereocenters. The Kier molecular flexibility index (Phi) is 11.7. The van der Waals surface area contributed by atoms with E-state index in [1.54, 1.807) is 12.0 Å². The van der Waals surface area contributed by atoms with Gasteiger partial charge in [0.05, 0.1) is 13.0 Å². The molecular weight excluding hydrogens is 408 g/mol. The molecule has 0 aliphatic carbocycles. The summed E-state index contributed by atoms with van der Waals surface area (Å²) in [6.45, 7) is 3.13. The van der Waals surface area contributed by atoms with Gasteiger partial charge in [0.2, 0.25) is 6.79 Å². The molecule has 0 aromatic heterocycles. The zero-order valence-corrected chi connectivity index (χ0v) is 19.7. The minimum Gasteiger partial charge on any atom is -0.501 e. The van der Waals surface area contributed by atoms with E-state index in [4.69, 9.17) is 14.2 Å². The number of piperidine rings is 1. The number of nitrogens with zero attached hydrogens (tertiary/aromatic N) is 1. The Hall–Kier alpha value is -2.54. The summed E-state index contributed by atoms with van der Waals surface area (Å²) in [4.78, 5) is 26.6. The predicted octanol–water partition coefficient (Wildman–Crippen LogP) is 4.59. The van der Waals surface area contributed by atoms with Crippen molar-refractivity contribution in [1.29, 1.82) is 0 Å². The summed E-state index contributed by atoms with van der Waals surface area (Å²) >= 11 is 0. The van der Waals surface area contributed by atoms with E-state index in [9.17, 15) is 9.59 Å². The molecule has 1 fully saturated rings. The summed E-state index contributed by atoms with van der Waals surface area (Å²) in [5, 5.41) is 3.08. The molecule has 0 saturated carbocycles. The molecule has 1 aromatic carbocycles. The number of carbonyl (C=O) groups excluding carboxylic acids is 2. The van der Waals surface area contributed by atoms with Crippen molar-refractivity contribution < 1.29 is 23.8 Å². The number of hydrogen-bond donors (Lipinski definition) is 1. The average molecular weight is 447 g/mol. The van der Waals surface area contributed by atoms with E-state index in [1.165, 1.54) is 0 Å². The molecule has 1 saturated heterocycles. The van der Waals surface area contributed by atoms with Gasteiger partial charge in [-0.25, -0.2) is 4.79 Å². The first-order valence-corrected chi connectivity index (χ1v) is 11.6. The Morgan fingerprint density at radius 1 is 1.16 bits per heavy atom. The van der Waals surface area contributed by atoms with Crippen LogP contribution in [-0.4, -0.2) is 57.0 Å². The fourth-order valence-electron chi connectivity index (χ4n) is 4.24. The number of methoxy groups -OCH3 is 1. The summed E-state index contributed by atoms with van der Waals surface area (Å²) in [6, 6.07) is 10.00. The number of ether oxygens (including phenoxy) is 3. The van der Waals surface area contributed by atoms with E-state index in [0.29, 0.717) is 13.0 Å². The molecule has 2 unspecified atom stereocenters. The molecule has 1 N–H and O–H groups in total. The Bertz CT molecular complexity index is 722. The highest BCUT2D eigenvalue weighted by Gasteiger charge is 2.37. The molecule has 32 heavy (non-hydrogen) atoms. The molecule has 178 valence electrons. The summed E-state index contributed by atoms with van der Waals surface area (Å²) < 4.78 is 16.1. The van der Waals surface area contributed by atoms with Crippen LogP contribution in [0.4, 0.5) is 4.79 Å². The van der Waals surface area contributed by atoms with Gasteiger partial charge in [0, 0.05) is 19.0 Å². The van der Waals surface area contributed by atoms with Gasteiger partial charge in [-0.15, -0.1) is 0 Å². The third kappa shape index (κ3) is 7.86. The normalized spacial score (nSPS) is 17.5. The molecule has 7 nitrogen and oxygen atoms in total. The second kappa shape index (κ2) is 14.5. The van der Waals surface area contributed by atoms with Gasteiger partial charge >= 0.3 is 12.1 Å². The van der Waals surface area contributed by atoms with Crippen LogP contribution in [0, 0.1) is 0 Å². The number of unbranched alkanes of at least 4 members (excludes halogenated alkanes) is 2. The van der Waals surface area contributed by atoms with E-state index in [1.807, 2.05) is 38.2 Å². The Labute approximate surface area is 192 Å². The van der Waals surface area contributed by atoms with E-state index in [2.05, 4.69) is 17.4 Å². The molecule has 0 radical (unpaired) electrons. The van der Waals surface area contributed by atoms with Crippen LogP contribution in [-0.2, 0) is 19.0 Å². The molecule has 1 aliphatic heterocycles. The number of esters is 1. The maximum atomic E-state index is 12.9. The van der Waals surface area contributed by atoms with Gasteiger partial charge in [-0.05, 0) is 64.3 Å². The van der Waals surface area contributed by atoms with E-state index >= 15 is 0 Å². The number of carbonyl (C=O) groups is 2. The molecule has 0 spiro atoms. The van der Waals surface area contributed by atoms with Crippen LogP contribution >= 0.6 is 0 Å². The quantitative estimate of drug-likeness (QED) is 0.219. The number of allylic oxidation sites excluding steroid dienone is 1. The first-order valence-electron chi connectivity index (χ1n) is 11.6. The Morgan fingerprint density at radius 3 is 2.62 bits per heavy atom. The number of hydrogen-bond acceptors (Lipinski definition) is 6. The van der Waals surface area contributed by atoms with Crippen LogP contribution in [0.25, 0.3) is 0 Å². The standard InChI is InChI=1S/C25H38N2O5/c1-4-22(30-3)24(20-13-7-5-8-14-20)21-15-10-12-18-27(21)25(29)32-19-31-23(28)16-9-6-11-17-26-2/h4-5,7-8,13-14,21,24,26H,6,9-12,15-19H2,1-3H3/b22-4-. The largest absolute Gasteiger partial charge is 0.501 e.